The first-order valence-electron chi connectivity index (χ1n) is 8.91. The van der Waals surface area contributed by atoms with Gasteiger partial charge in [-0.15, -0.1) is 0 Å². The Morgan fingerprint density at radius 2 is 1.64 bits per heavy atom. The number of fused-ring (bicyclic) bond motifs is 1. The van der Waals surface area contributed by atoms with E-state index in [0.717, 1.165) is 19.6 Å². The minimum absolute atomic E-state index is 0.203. The van der Waals surface area contributed by atoms with Gasteiger partial charge in [-0.25, -0.2) is 0 Å². The molecule has 0 spiro atoms. The number of likely N-dealkylation sites (tertiary alicyclic amines) is 1. The number of hydrogen-bond acceptors (Lipinski definition) is 3. The van der Waals surface area contributed by atoms with Gasteiger partial charge >= 0.3 is 0 Å². The van der Waals surface area contributed by atoms with Crippen LogP contribution in [0.3, 0.4) is 0 Å². The second kappa shape index (κ2) is 6.28. The normalized spacial score (nSPS) is 27.4. The van der Waals surface area contributed by atoms with Crippen LogP contribution in [0.15, 0.2) is 60.7 Å². The standard InChI is InChI=1S/C21H24N2O2/c1-21(25,16-10-6-3-7-11-16)20(24)22-19-17-13-23(14-18(17)19)12-15-8-4-2-5-9-15/h2-11,17-19,25H,12-14H2,1H3,(H,22,24). The van der Waals surface area contributed by atoms with E-state index in [-0.39, 0.29) is 11.9 Å². The van der Waals surface area contributed by atoms with Crippen LogP contribution in [-0.4, -0.2) is 35.0 Å². The van der Waals surface area contributed by atoms with Gasteiger partial charge in [-0.05, 0) is 29.9 Å². The van der Waals surface area contributed by atoms with Crippen molar-refractivity contribution in [1.82, 2.24) is 10.2 Å². The summed E-state index contributed by atoms with van der Waals surface area (Å²) in [5, 5.41) is 13.7. The predicted octanol–water partition coefficient (Wildman–Crippen LogP) is 2.14. The Hall–Kier alpha value is -2.17. The third kappa shape index (κ3) is 3.20. The van der Waals surface area contributed by atoms with Crippen molar-refractivity contribution in [3.8, 4) is 0 Å². The first kappa shape index (κ1) is 16.3. The van der Waals surface area contributed by atoms with Crippen molar-refractivity contribution in [3.63, 3.8) is 0 Å². The fourth-order valence-corrected chi connectivity index (χ4v) is 3.98. The molecule has 1 aliphatic carbocycles. The summed E-state index contributed by atoms with van der Waals surface area (Å²) in [7, 11) is 0. The number of carbonyl (C=O) groups is 1. The molecule has 2 N–H and O–H groups in total. The summed E-state index contributed by atoms with van der Waals surface area (Å²) in [5.74, 6) is 0.728. The summed E-state index contributed by atoms with van der Waals surface area (Å²) >= 11 is 0. The van der Waals surface area contributed by atoms with Crippen LogP contribution in [0.1, 0.15) is 18.1 Å². The van der Waals surface area contributed by atoms with E-state index >= 15 is 0 Å². The molecule has 0 bridgehead atoms. The van der Waals surface area contributed by atoms with Crippen molar-refractivity contribution in [2.75, 3.05) is 13.1 Å². The van der Waals surface area contributed by atoms with Crippen molar-refractivity contribution in [2.24, 2.45) is 11.8 Å². The molecule has 130 valence electrons. The zero-order valence-corrected chi connectivity index (χ0v) is 14.4. The lowest BCUT2D eigenvalue weighted by atomic mass is 9.95. The van der Waals surface area contributed by atoms with Gasteiger partial charge < -0.3 is 10.4 Å². The van der Waals surface area contributed by atoms with Crippen LogP contribution in [0.25, 0.3) is 0 Å². The highest BCUT2D eigenvalue weighted by molar-refractivity contribution is 5.86. The summed E-state index contributed by atoms with van der Waals surface area (Å²) in [6.07, 6.45) is 0. The third-order valence-corrected chi connectivity index (χ3v) is 5.59. The second-order valence-electron chi connectivity index (χ2n) is 7.44. The number of rotatable bonds is 5. The van der Waals surface area contributed by atoms with E-state index in [1.165, 1.54) is 5.56 Å². The topological polar surface area (TPSA) is 52.6 Å². The minimum Gasteiger partial charge on any atom is -0.376 e. The summed E-state index contributed by atoms with van der Waals surface area (Å²) < 4.78 is 0. The van der Waals surface area contributed by atoms with E-state index in [2.05, 4.69) is 34.5 Å². The zero-order chi connectivity index (χ0) is 17.4. The number of carbonyl (C=O) groups excluding carboxylic acids is 1. The van der Waals surface area contributed by atoms with Crippen LogP contribution in [0, 0.1) is 11.8 Å². The average molecular weight is 336 g/mol. The van der Waals surface area contributed by atoms with Crippen molar-refractivity contribution < 1.29 is 9.90 Å². The lowest BCUT2D eigenvalue weighted by Gasteiger charge is -2.25. The highest BCUT2D eigenvalue weighted by Crippen LogP contribution is 2.46. The number of aliphatic hydroxyl groups is 1. The van der Waals surface area contributed by atoms with Crippen molar-refractivity contribution in [2.45, 2.75) is 25.1 Å². The van der Waals surface area contributed by atoms with E-state index in [1.54, 1.807) is 19.1 Å². The maximum atomic E-state index is 12.5. The molecular formula is C21H24N2O2. The Bertz CT molecular complexity index is 733. The Labute approximate surface area is 148 Å². The third-order valence-electron chi connectivity index (χ3n) is 5.59. The molecule has 1 saturated carbocycles. The quantitative estimate of drug-likeness (QED) is 0.880. The number of amides is 1. The average Bonchev–Trinajstić information content (AvgIpc) is 3.07. The summed E-state index contributed by atoms with van der Waals surface area (Å²) in [6, 6.07) is 19.8. The molecule has 1 amide bonds. The molecule has 25 heavy (non-hydrogen) atoms. The van der Waals surface area contributed by atoms with Crippen LogP contribution in [0.2, 0.25) is 0 Å². The molecule has 1 heterocycles. The Balaban J connectivity index is 1.31. The van der Waals surface area contributed by atoms with Gasteiger partial charge in [0.15, 0.2) is 5.60 Å². The molecule has 3 unspecified atom stereocenters. The van der Waals surface area contributed by atoms with E-state index < -0.39 is 5.60 Å². The van der Waals surface area contributed by atoms with E-state index in [4.69, 9.17) is 0 Å². The van der Waals surface area contributed by atoms with E-state index in [9.17, 15) is 9.90 Å². The maximum Gasteiger partial charge on any atom is 0.256 e. The Kier molecular flexibility index (Phi) is 4.10. The lowest BCUT2D eigenvalue weighted by molar-refractivity contribution is -0.139. The summed E-state index contributed by atoms with van der Waals surface area (Å²) in [6.45, 7) is 4.56. The molecule has 1 aliphatic heterocycles. The molecule has 4 nitrogen and oxygen atoms in total. The number of benzene rings is 2. The van der Waals surface area contributed by atoms with Crippen molar-refractivity contribution in [3.05, 3.63) is 71.8 Å². The fraction of sp³-hybridized carbons (Fsp3) is 0.381. The van der Waals surface area contributed by atoms with Gasteiger partial charge in [-0.1, -0.05) is 60.7 Å². The molecule has 2 aliphatic rings. The maximum absolute atomic E-state index is 12.5. The van der Waals surface area contributed by atoms with Gasteiger partial charge in [0, 0.05) is 25.7 Å². The Morgan fingerprint density at radius 1 is 1.08 bits per heavy atom. The monoisotopic (exact) mass is 336 g/mol. The van der Waals surface area contributed by atoms with Gasteiger partial charge in [0.1, 0.15) is 0 Å². The second-order valence-corrected chi connectivity index (χ2v) is 7.44. The fourth-order valence-electron chi connectivity index (χ4n) is 3.98. The van der Waals surface area contributed by atoms with Crippen LogP contribution < -0.4 is 5.32 Å². The first-order chi connectivity index (χ1) is 12.1. The predicted molar refractivity (Wildman–Crippen MR) is 96.6 cm³/mol. The molecular weight excluding hydrogens is 312 g/mol. The van der Waals surface area contributed by atoms with E-state index in [1.807, 2.05) is 24.3 Å². The largest absolute Gasteiger partial charge is 0.376 e. The smallest absolute Gasteiger partial charge is 0.256 e. The zero-order valence-electron chi connectivity index (χ0n) is 14.4. The molecule has 3 atom stereocenters. The molecule has 0 aromatic heterocycles. The van der Waals surface area contributed by atoms with Gasteiger partial charge in [0.05, 0.1) is 0 Å². The number of nitrogens with zero attached hydrogens (tertiary/aromatic N) is 1. The first-order valence-corrected chi connectivity index (χ1v) is 8.91. The summed E-state index contributed by atoms with van der Waals surface area (Å²) in [5.41, 5.74) is 0.474. The molecule has 4 rings (SSSR count). The van der Waals surface area contributed by atoms with Crippen LogP contribution in [-0.2, 0) is 16.9 Å². The highest BCUT2D eigenvalue weighted by atomic mass is 16.3. The molecule has 4 heteroatoms. The molecule has 0 radical (unpaired) electrons. The molecule has 2 aromatic rings. The van der Waals surface area contributed by atoms with Crippen molar-refractivity contribution in [1.29, 1.82) is 0 Å². The Morgan fingerprint density at radius 3 is 2.24 bits per heavy atom. The van der Waals surface area contributed by atoms with Crippen LogP contribution in [0.4, 0.5) is 0 Å². The number of nitrogens with one attached hydrogen (secondary N) is 1. The van der Waals surface area contributed by atoms with Crippen LogP contribution >= 0.6 is 0 Å². The molecule has 1 saturated heterocycles. The molecule has 2 aromatic carbocycles. The number of hydrogen-bond donors (Lipinski definition) is 2. The SMILES string of the molecule is CC(O)(C(=O)NC1C2CN(Cc3ccccc3)CC21)c1ccccc1. The van der Waals surface area contributed by atoms with Gasteiger partial charge in [-0.2, -0.15) is 0 Å². The summed E-state index contributed by atoms with van der Waals surface area (Å²) in [4.78, 5) is 15.0. The van der Waals surface area contributed by atoms with Gasteiger partial charge in [0.25, 0.3) is 5.91 Å². The van der Waals surface area contributed by atoms with Crippen molar-refractivity contribution >= 4 is 5.91 Å². The van der Waals surface area contributed by atoms with Gasteiger partial charge in [-0.3, -0.25) is 9.69 Å². The van der Waals surface area contributed by atoms with Gasteiger partial charge in [0.2, 0.25) is 0 Å². The van der Waals surface area contributed by atoms with Crippen LogP contribution in [0.5, 0.6) is 0 Å². The highest BCUT2D eigenvalue weighted by Gasteiger charge is 2.57. The van der Waals surface area contributed by atoms with E-state index in [0.29, 0.717) is 17.4 Å². The lowest BCUT2D eigenvalue weighted by Crippen LogP contribution is -2.45. The minimum atomic E-state index is -1.48. The molecule has 2 fully saturated rings. The number of piperidine rings is 1.